The number of nitrogens with two attached hydrogens (primary N) is 1. The van der Waals surface area contributed by atoms with Crippen molar-refractivity contribution in [3.8, 4) is 11.1 Å². The van der Waals surface area contributed by atoms with Crippen LogP contribution in [0.4, 0.5) is 5.69 Å². The van der Waals surface area contributed by atoms with Crippen LogP contribution in [0.2, 0.25) is 0 Å². The summed E-state index contributed by atoms with van der Waals surface area (Å²) < 4.78 is 2.68. The molecule has 0 aliphatic heterocycles. The molecule has 2 heteroatoms. The third kappa shape index (κ3) is 6.07. The second kappa shape index (κ2) is 13.9. The van der Waals surface area contributed by atoms with Crippen LogP contribution in [0.3, 0.4) is 0 Å². The summed E-state index contributed by atoms with van der Waals surface area (Å²) in [5.74, 6) is 0.359. The Morgan fingerprint density at radius 1 is 0.580 bits per heavy atom. The zero-order valence-corrected chi connectivity index (χ0v) is 28.6. The van der Waals surface area contributed by atoms with E-state index in [4.69, 9.17) is 5.73 Å². The molecule has 0 saturated heterocycles. The van der Waals surface area contributed by atoms with Gasteiger partial charge in [0, 0.05) is 31.8 Å². The van der Waals surface area contributed by atoms with Crippen LogP contribution in [0, 0.1) is 0 Å². The molecule has 1 nitrogen and oxygen atoms in total. The summed E-state index contributed by atoms with van der Waals surface area (Å²) >= 11 is 1.89. The summed E-state index contributed by atoms with van der Waals surface area (Å²) in [6, 6.07) is 49.3. The van der Waals surface area contributed by atoms with Crippen molar-refractivity contribution in [2.75, 3.05) is 5.73 Å². The quantitative estimate of drug-likeness (QED) is 0.148. The Balaban J connectivity index is 0.000000233. The molecule has 2 N–H and O–H groups in total. The van der Waals surface area contributed by atoms with E-state index in [0.29, 0.717) is 5.92 Å². The molecule has 1 heterocycles. The molecule has 0 fully saturated rings. The second-order valence-electron chi connectivity index (χ2n) is 12.7. The van der Waals surface area contributed by atoms with Crippen molar-refractivity contribution in [2.45, 2.75) is 12.3 Å². The van der Waals surface area contributed by atoms with Crippen molar-refractivity contribution < 1.29 is 0 Å². The number of hydrogen-bond donors (Lipinski definition) is 1. The fourth-order valence-electron chi connectivity index (χ4n) is 7.17. The first-order chi connectivity index (χ1) is 24.7. The van der Waals surface area contributed by atoms with Gasteiger partial charge in [0.15, 0.2) is 0 Å². The standard InChI is InChI=1S/C36H26S.C12H11N/c1-2-12-26-27-15-6-7-16-28(27)29-17-8-9-18-30(29)33(26)21-25-22-36-34(31-19-10-11-20-35(31)37-36)23-32(25)24-13-4-3-5-14-24;13-12-8-6-11(7-9-12)10-4-2-1-3-5-10/h2-13,15-24H,1,14H2;1-9H,13H2/b26-12-,33-21+;. The molecule has 1 aromatic heterocycles. The highest BCUT2D eigenvalue weighted by molar-refractivity contribution is 7.25. The molecular formula is C48H37NS. The Kier molecular flexibility index (Phi) is 8.69. The van der Waals surface area contributed by atoms with E-state index in [9.17, 15) is 0 Å². The molecule has 1 aliphatic carbocycles. The zero-order chi connectivity index (χ0) is 33.9. The van der Waals surface area contributed by atoms with E-state index < -0.39 is 0 Å². The second-order valence-corrected chi connectivity index (χ2v) is 13.8. The van der Waals surface area contributed by atoms with E-state index in [1.54, 1.807) is 0 Å². The minimum absolute atomic E-state index is 0.359. The molecule has 50 heavy (non-hydrogen) atoms. The molecule has 0 radical (unpaired) electrons. The maximum Gasteiger partial charge on any atom is 0.0361 e. The van der Waals surface area contributed by atoms with Gasteiger partial charge in [0.05, 0.1) is 0 Å². The topological polar surface area (TPSA) is 26.0 Å². The maximum absolute atomic E-state index is 5.60. The first-order valence-electron chi connectivity index (χ1n) is 17.1. The molecule has 0 spiro atoms. The van der Waals surface area contributed by atoms with Crippen LogP contribution >= 0.6 is 11.3 Å². The van der Waals surface area contributed by atoms with Gasteiger partial charge in [-0.2, -0.15) is 0 Å². The normalized spacial score (nSPS) is 14.8. The molecule has 9 rings (SSSR count). The summed E-state index contributed by atoms with van der Waals surface area (Å²) in [5.41, 5.74) is 11.5. The summed E-state index contributed by atoms with van der Waals surface area (Å²) in [6.45, 7) is 4.06. The molecule has 1 aliphatic rings. The molecule has 7 aromatic carbocycles. The average Bonchev–Trinajstić information content (AvgIpc) is 3.54. The van der Waals surface area contributed by atoms with Crippen LogP contribution in [-0.4, -0.2) is 0 Å². The Hall–Kier alpha value is -5.96. The van der Waals surface area contributed by atoms with Crippen LogP contribution in [0.15, 0.2) is 176 Å². The molecule has 1 atom stereocenters. The number of rotatable bonds is 4. The van der Waals surface area contributed by atoms with Crippen LogP contribution < -0.4 is 16.2 Å². The SMILES string of the molecule is C=C/C=c1\c(=C/c2cc3sc4ccccc4c3cc2C2C=CC=CC2)c2ccccc2c2ccccc12.Nc1ccc(-c2ccccc2)cc1. The van der Waals surface area contributed by atoms with Gasteiger partial charge in [-0.1, -0.05) is 152 Å². The van der Waals surface area contributed by atoms with Gasteiger partial charge in [0.2, 0.25) is 0 Å². The predicted octanol–water partition coefficient (Wildman–Crippen LogP) is 11.7. The highest BCUT2D eigenvalue weighted by Gasteiger charge is 2.16. The summed E-state index contributed by atoms with van der Waals surface area (Å²) in [4.78, 5) is 0. The number of hydrogen-bond acceptors (Lipinski definition) is 2. The van der Waals surface area contributed by atoms with Gasteiger partial charge in [-0.05, 0) is 97.1 Å². The molecule has 8 aromatic rings. The van der Waals surface area contributed by atoms with Crippen molar-refractivity contribution in [1.29, 1.82) is 0 Å². The molecule has 0 bridgehead atoms. The number of nitrogen functional groups attached to an aromatic ring is 1. The van der Waals surface area contributed by atoms with Gasteiger partial charge in [0.25, 0.3) is 0 Å². The van der Waals surface area contributed by atoms with Crippen molar-refractivity contribution >= 4 is 70.9 Å². The number of fused-ring (bicyclic) bond motifs is 6. The van der Waals surface area contributed by atoms with Crippen molar-refractivity contribution in [3.63, 3.8) is 0 Å². The lowest BCUT2D eigenvalue weighted by atomic mass is 9.87. The fraction of sp³-hybridized carbons (Fsp3) is 0.0417. The number of allylic oxidation sites excluding steroid dienone is 5. The van der Waals surface area contributed by atoms with E-state index in [-0.39, 0.29) is 0 Å². The average molecular weight is 660 g/mol. The van der Waals surface area contributed by atoms with Gasteiger partial charge in [-0.15, -0.1) is 11.3 Å². The van der Waals surface area contributed by atoms with Gasteiger partial charge < -0.3 is 5.73 Å². The molecule has 1 unspecified atom stereocenters. The van der Waals surface area contributed by atoms with Crippen LogP contribution in [-0.2, 0) is 0 Å². The first-order valence-corrected chi connectivity index (χ1v) is 17.9. The predicted molar refractivity (Wildman–Crippen MR) is 220 cm³/mol. The lowest BCUT2D eigenvalue weighted by Crippen LogP contribution is -2.26. The third-order valence-electron chi connectivity index (χ3n) is 9.58. The summed E-state index contributed by atoms with van der Waals surface area (Å²) in [7, 11) is 0. The van der Waals surface area contributed by atoms with Gasteiger partial charge in [-0.25, -0.2) is 0 Å². The van der Waals surface area contributed by atoms with Crippen LogP contribution in [0.5, 0.6) is 0 Å². The largest absolute Gasteiger partial charge is 0.399 e. The van der Waals surface area contributed by atoms with Crippen molar-refractivity contribution in [2.24, 2.45) is 0 Å². The highest BCUT2D eigenvalue weighted by atomic mass is 32.1. The minimum Gasteiger partial charge on any atom is -0.399 e. The molecule has 0 saturated carbocycles. The number of benzene rings is 7. The van der Waals surface area contributed by atoms with E-state index in [2.05, 4.69) is 140 Å². The third-order valence-corrected chi connectivity index (χ3v) is 10.7. The molecule has 0 amide bonds. The lowest BCUT2D eigenvalue weighted by molar-refractivity contribution is 0.853. The van der Waals surface area contributed by atoms with E-state index >= 15 is 0 Å². The van der Waals surface area contributed by atoms with Crippen molar-refractivity contribution in [3.05, 3.63) is 198 Å². The Morgan fingerprint density at radius 2 is 1.20 bits per heavy atom. The monoisotopic (exact) mass is 659 g/mol. The first kappa shape index (κ1) is 31.3. The fourth-order valence-corrected chi connectivity index (χ4v) is 8.31. The van der Waals surface area contributed by atoms with E-state index in [1.807, 2.05) is 59.9 Å². The van der Waals surface area contributed by atoms with Gasteiger partial charge >= 0.3 is 0 Å². The Bertz CT molecular complexity index is 2690. The minimum atomic E-state index is 0.359. The van der Waals surface area contributed by atoms with E-state index in [1.165, 1.54) is 74.4 Å². The Morgan fingerprint density at radius 3 is 1.88 bits per heavy atom. The van der Waals surface area contributed by atoms with Crippen LogP contribution in [0.25, 0.3) is 65.0 Å². The Labute approximate surface area is 297 Å². The summed E-state index contributed by atoms with van der Waals surface area (Å²) in [6.07, 6.45) is 16.5. The number of thiophene rings is 1. The molecule has 240 valence electrons. The zero-order valence-electron chi connectivity index (χ0n) is 27.8. The summed E-state index contributed by atoms with van der Waals surface area (Å²) in [5, 5.41) is 10.3. The van der Waals surface area contributed by atoms with Gasteiger partial charge in [0.1, 0.15) is 0 Å². The lowest BCUT2D eigenvalue weighted by Gasteiger charge is -2.17. The van der Waals surface area contributed by atoms with Crippen LogP contribution in [0.1, 0.15) is 23.5 Å². The maximum atomic E-state index is 5.60. The van der Waals surface area contributed by atoms with E-state index in [0.717, 1.165) is 12.1 Å². The molecular weight excluding hydrogens is 623 g/mol. The number of anilines is 1. The smallest absolute Gasteiger partial charge is 0.0361 e. The van der Waals surface area contributed by atoms with Gasteiger partial charge in [-0.3, -0.25) is 0 Å². The van der Waals surface area contributed by atoms with Crippen molar-refractivity contribution in [1.82, 2.24) is 0 Å². The highest BCUT2D eigenvalue weighted by Crippen LogP contribution is 2.39.